The molecule has 0 amide bonds. The molecule has 1 N–H and O–H groups in total. The molecule has 0 fully saturated rings. The average Bonchev–Trinajstić information content (AvgIpc) is 2.47. The van der Waals surface area contributed by atoms with Gasteiger partial charge in [-0.05, 0) is 36.1 Å². The molecule has 2 aromatic carbocycles. The van der Waals surface area contributed by atoms with Gasteiger partial charge in [-0.25, -0.2) is 0 Å². The Bertz CT molecular complexity index is 619. The Morgan fingerprint density at radius 2 is 1.79 bits per heavy atom. The van der Waals surface area contributed by atoms with Crippen LogP contribution < -0.4 is 0 Å². The molecule has 0 spiro atoms. The fourth-order valence-electron chi connectivity index (χ4n) is 2.76. The van der Waals surface area contributed by atoms with E-state index in [1.807, 2.05) is 30.3 Å². The van der Waals surface area contributed by atoms with Gasteiger partial charge in [-0.15, -0.1) is 0 Å². The van der Waals surface area contributed by atoms with E-state index in [0.29, 0.717) is 0 Å². The molecule has 0 radical (unpaired) electrons. The summed E-state index contributed by atoms with van der Waals surface area (Å²) in [5.74, 6) is 0.174. The Morgan fingerprint density at radius 1 is 1.05 bits per heavy atom. The fourth-order valence-corrected chi connectivity index (χ4v) is 3.02. The van der Waals surface area contributed by atoms with Gasteiger partial charge in [0.05, 0.1) is 5.71 Å². The van der Waals surface area contributed by atoms with E-state index in [9.17, 15) is 5.21 Å². The van der Waals surface area contributed by atoms with Crippen LogP contribution in [0.1, 0.15) is 29.0 Å². The molecular formula is C16H14BrNO. The first-order valence-electron chi connectivity index (χ1n) is 6.35. The van der Waals surface area contributed by atoms with Gasteiger partial charge < -0.3 is 5.21 Å². The number of oxime groups is 1. The molecular weight excluding hydrogens is 302 g/mol. The third-order valence-electron chi connectivity index (χ3n) is 3.71. The molecule has 2 nitrogen and oxygen atoms in total. The molecule has 0 bridgehead atoms. The molecule has 0 unspecified atom stereocenters. The summed E-state index contributed by atoms with van der Waals surface area (Å²) in [5, 5.41) is 13.0. The molecule has 1 aliphatic carbocycles. The highest BCUT2D eigenvalue weighted by Crippen LogP contribution is 2.33. The molecule has 0 heterocycles. The molecule has 19 heavy (non-hydrogen) atoms. The first-order valence-corrected chi connectivity index (χ1v) is 7.14. The van der Waals surface area contributed by atoms with Gasteiger partial charge in [-0.3, -0.25) is 0 Å². The second-order valence-electron chi connectivity index (χ2n) is 4.79. The van der Waals surface area contributed by atoms with Gasteiger partial charge in [0.25, 0.3) is 0 Å². The van der Waals surface area contributed by atoms with Crippen molar-refractivity contribution < 1.29 is 5.21 Å². The maximum Gasteiger partial charge on any atom is 0.0945 e. The van der Waals surface area contributed by atoms with Crippen LogP contribution in [-0.2, 0) is 6.42 Å². The van der Waals surface area contributed by atoms with Crippen LogP contribution in [0.2, 0.25) is 0 Å². The highest BCUT2D eigenvalue weighted by atomic mass is 79.9. The van der Waals surface area contributed by atoms with E-state index in [2.05, 4.69) is 39.3 Å². The van der Waals surface area contributed by atoms with Crippen molar-refractivity contribution in [2.45, 2.75) is 18.8 Å². The van der Waals surface area contributed by atoms with E-state index >= 15 is 0 Å². The second kappa shape index (κ2) is 5.17. The number of halogens is 1. The topological polar surface area (TPSA) is 32.6 Å². The lowest BCUT2D eigenvalue weighted by atomic mass is 9.78. The molecule has 96 valence electrons. The van der Waals surface area contributed by atoms with Gasteiger partial charge in [0.1, 0.15) is 0 Å². The zero-order valence-corrected chi connectivity index (χ0v) is 12.0. The minimum atomic E-state index is 0.174. The molecule has 0 aromatic heterocycles. The van der Waals surface area contributed by atoms with E-state index in [1.165, 1.54) is 11.1 Å². The summed E-state index contributed by atoms with van der Waals surface area (Å²) >= 11 is 3.45. The molecule has 3 rings (SSSR count). The van der Waals surface area contributed by atoms with Crippen molar-refractivity contribution >= 4 is 21.6 Å². The third-order valence-corrected chi connectivity index (χ3v) is 4.23. The Kier molecular flexibility index (Phi) is 3.38. The zero-order valence-electron chi connectivity index (χ0n) is 10.4. The normalized spacial score (nSPS) is 20.3. The van der Waals surface area contributed by atoms with Gasteiger partial charge >= 0.3 is 0 Å². The summed E-state index contributed by atoms with van der Waals surface area (Å²) in [5.41, 5.74) is 4.32. The zero-order chi connectivity index (χ0) is 13.2. The Hall–Kier alpha value is -1.61. The quantitative estimate of drug-likeness (QED) is 0.615. The van der Waals surface area contributed by atoms with Gasteiger partial charge in [0.2, 0.25) is 0 Å². The van der Waals surface area contributed by atoms with Crippen LogP contribution in [0.25, 0.3) is 0 Å². The number of fused-ring (bicyclic) bond motifs is 1. The molecule has 0 saturated carbocycles. The summed E-state index contributed by atoms with van der Waals surface area (Å²) in [6.07, 6.45) is 2.01. The van der Waals surface area contributed by atoms with Crippen molar-refractivity contribution in [2.24, 2.45) is 5.16 Å². The lowest BCUT2D eigenvalue weighted by Crippen LogP contribution is -2.21. The highest BCUT2D eigenvalue weighted by Gasteiger charge is 2.26. The minimum absolute atomic E-state index is 0.174. The Balaban J connectivity index is 2.03. The van der Waals surface area contributed by atoms with Crippen molar-refractivity contribution in [1.82, 2.24) is 0 Å². The van der Waals surface area contributed by atoms with Gasteiger partial charge in [-0.2, -0.15) is 0 Å². The Labute approximate surface area is 120 Å². The van der Waals surface area contributed by atoms with Crippen molar-refractivity contribution in [2.75, 3.05) is 0 Å². The van der Waals surface area contributed by atoms with Gasteiger partial charge in [0, 0.05) is 16.0 Å². The van der Waals surface area contributed by atoms with Crippen molar-refractivity contribution in [3.8, 4) is 0 Å². The number of benzene rings is 2. The van der Waals surface area contributed by atoms with E-state index in [4.69, 9.17) is 0 Å². The average molecular weight is 316 g/mol. The summed E-state index contributed by atoms with van der Waals surface area (Å²) in [7, 11) is 0. The van der Waals surface area contributed by atoms with Crippen LogP contribution in [0.4, 0.5) is 0 Å². The van der Waals surface area contributed by atoms with E-state index in [1.54, 1.807) is 0 Å². The first kappa shape index (κ1) is 12.4. The van der Waals surface area contributed by atoms with Crippen LogP contribution in [-0.4, -0.2) is 10.9 Å². The maximum atomic E-state index is 9.40. The molecule has 0 saturated heterocycles. The van der Waals surface area contributed by atoms with Crippen LogP contribution in [0.15, 0.2) is 58.2 Å². The minimum Gasteiger partial charge on any atom is -0.411 e. The summed E-state index contributed by atoms with van der Waals surface area (Å²) in [6, 6.07) is 16.4. The molecule has 0 aliphatic heterocycles. The lowest BCUT2D eigenvalue weighted by Gasteiger charge is -2.26. The monoisotopic (exact) mass is 315 g/mol. The fraction of sp³-hybridized carbons (Fsp3) is 0.188. The number of nitrogens with zero attached hydrogens (tertiary/aromatic N) is 1. The van der Waals surface area contributed by atoms with Crippen molar-refractivity contribution in [1.29, 1.82) is 0 Å². The molecule has 1 atom stereocenters. The molecule has 1 aliphatic rings. The standard InChI is InChI=1S/C16H14BrNO/c17-13-8-5-12(6-9-13)15-10-7-11-3-1-2-4-14(11)16(15)18-19/h1-6,8-9,15,19H,7,10H2/b18-16-/t15-/m0/s1. The van der Waals surface area contributed by atoms with Crippen LogP contribution in [0.3, 0.4) is 0 Å². The van der Waals surface area contributed by atoms with Gasteiger partial charge in [-0.1, -0.05) is 57.5 Å². The van der Waals surface area contributed by atoms with Crippen LogP contribution in [0, 0.1) is 0 Å². The van der Waals surface area contributed by atoms with Crippen molar-refractivity contribution in [3.63, 3.8) is 0 Å². The van der Waals surface area contributed by atoms with Crippen LogP contribution in [0.5, 0.6) is 0 Å². The Morgan fingerprint density at radius 3 is 2.53 bits per heavy atom. The second-order valence-corrected chi connectivity index (χ2v) is 5.70. The number of hydrogen-bond donors (Lipinski definition) is 1. The number of rotatable bonds is 1. The largest absolute Gasteiger partial charge is 0.411 e. The van der Waals surface area contributed by atoms with Gasteiger partial charge in [0.15, 0.2) is 0 Å². The summed E-state index contributed by atoms with van der Waals surface area (Å²) in [6.45, 7) is 0. The number of aryl methyl sites for hydroxylation is 1. The predicted octanol–water partition coefficient (Wildman–Crippen LogP) is 4.36. The van der Waals surface area contributed by atoms with E-state index < -0.39 is 0 Å². The lowest BCUT2D eigenvalue weighted by molar-refractivity contribution is 0.316. The number of hydrogen-bond acceptors (Lipinski definition) is 2. The molecule has 2 aromatic rings. The van der Waals surface area contributed by atoms with E-state index in [0.717, 1.165) is 28.6 Å². The first-order chi connectivity index (χ1) is 9.29. The van der Waals surface area contributed by atoms with E-state index in [-0.39, 0.29) is 5.92 Å². The SMILES string of the molecule is O/N=C1/c2ccccc2CC[C@H]1c1ccc(Br)cc1. The highest BCUT2D eigenvalue weighted by molar-refractivity contribution is 9.10. The smallest absolute Gasteiger partial charge is 0.0945 e. The maximum absolute atomic E-state index is 9.40. The molecule has 3 heteroatoms. The van der Waals surface area contributed by atoms with Crippen molar-refractivity contribution in [3.05, 3.63) is 69.7 Å². The van der Waals surface area contributed by atoms with Crippen LogP contribution >= 0.6 is 15.9 Å². The predicted molar refractivity (Wildman–Crippen MR) is 80.0 cm³/mol. The summed E-state index contributed by atoms with van der Waals surface area (Å²) < 4.78 is 1.06. The summed E-state index contributed by atoms with van der Waals surface area (Å²) in [4.78, 5) is 0. The third kappa shape index (κ3) is 2.30.